The predicted molar refractivity (Wildman–Crippen MR) is 82.2 cm³/mol. The van der Waals surface area contributed by atoms with Gasteiger partial charge in [0, 0.05) is 9.79 Å². The van der Waals surface area contributed by atoms with E-state index >= 15 is 0 Å². The number of hydrogen-bond donors (Lipinski definition) is 2. The molecule has 0 heterocycles. The first-order valence-electron chi connectivity index (χ1n) is 5.55. The summed E-state index contributed by atoms with van der Waals surface area (Å²) in [6.07, 6.45) is 0. The van der Waals surface area contributed by atoms with E-state index in [1.54, 1.807) is 11.8 Å². The van der Waals surface area contributed by atoms with Crippen LogP contribution in [0.3, 0.4) is 0 Å². The molecule has 2 aromatic rings. The molecule has 2 aromatic carbocycles. The summed E-state index contributed by atoms with van der Waals surface area (Å²) in [5.41, 5.74) is 7.72. The molecule has 0 aliphatic carbocycles. The van der Waals surface area contributed by atoms with E-state index in [4.69, 9.17) is 18.0 Å². The minimum Gasteiger partial charge on any atom is -0.376 e. The summed E-state index contributed by atoms with van der Waals surface area (Å²) >= 11 is 6.56. The molecule has 0 aromatic heterocycles. The van der Waals surface area contributed by atoms with Gasteiger partial charge in [0.2, 0.25) is 0 Å². The monoisotopic (exact) mass is 274 g/mol. The molecule has 2 nitrogen and oxygen atoms in total. The van der Waals surface area contributed by atoms with Crippen LogP contribution in [0.1, 0.15) is 5.56 Å². The van der Waals surface area contributed by atoms with Crippen molar-refractivity contribution < 1.29 is 0 Å². The Kier molecular flexibility index (Phi) is 4.23. The Balaban J connectivity index is 2.23. The van der Waals surface area contributed by atoms with Gasteiger partial charge in [-0.3, -0.25) is 0 Å². The van der Waals surface area contributed by atoms with Crippen LogP contribution in [0.15, 0.2) is 58.3 Å². The van der Waals surface area contributed by atoms with Crippen molar-refractivity contribution in [2.24, 2.45) is 5.73 Å². The van der Waals surface area contributed by atoms with E-state index in [0.717, 1.165) is 10.6 Å². The van der Waals surface area contributed by atoms with Gasteiger partial charge in [-0.2, -0.15) is 0 Å². The second-order valence-corrected chi connectivity index (χ2v) is 5.46. The van der Waals surface area contributed by atoms with Crippen LogP contribution in [0.4, 0.5) is 5.69 Å². The Labute approximate surface area is 117 Å². The van der Waals surface area contributed by atoms with E-state index in [9.17, 15) is 0 Å². The summed E-state index contributed by atoms with van der Waals surface area (Å²) in [5, 5.41) is 3.28. The lowest BCUT2D eigenvalue weighted by atomic mass is 10.2. The molecule has 0 bridgehead atoms. The van der Waals surface area contributed by atoms with Crippen molar-refractivity contribution >= 4 is 34.8 Å². The summed E-state index contributed by atoms with van der Waals surface area (Å²) in [4.78, 5) is 2.30. The highest BCUT2D eigenvalue weighted by Crippen LogP contribution is 2.33. The average Bonchev–Trinajstić information content (AvgIpc) is 2.34. The third-order valence-corrected chi connectivity index (χ3v) is 3.58. The number of aryl methyl sites for hydroxylation is 1. The fraction of sp³-hybridized carbons (Fsp3) is 0.0714. The molecule has 4 heteroatoms. The quantitative estimate of drug-likeness (QED) is 0.835. The largest absolute Gasteiger partial charge is 0.376 e. The molecule has 0 amide bonds. The average molecular weight is 274 g/mol. The molecule has 0 atom stereocenters. The first kappa shape index (κ1) is 12.9. The normalized spacial score (nSPS) is 10.1. The van der Waals surface area contributed by atoms with Gasteiger partial charge in [-0.15, -0.1) is 0 Å². The number of benzene rings is 2. The first-order chi connectivity index (χ1) is 8.65. The van der Waals surface area contributed by atoms with Gasteiger partial charge in [0.25, 0.3) is 0 Å². The molecule has 0 spiro atoms. The van der Waals surface area contributed by atoms with Gasteiger partial charge in [-0.1, -0.05) is 41.6 Å². The standard InChI is InChI=1S/C14H14N2S2/c1-10-6-8-11(9-7-10)18-13-5-3-2-4-12(13)16-14(15)17/h2-9H,1H3,(H3,15,16,17). The first-order valence-corrected chi connectivity index (χ1v) is 6.77. The molecule has 0 saturated carbocycles. The third kappa shape index (κ3) is 3.48. The minimum absolute atomic E-state index is 0.284. The molecule has 0 aliphatic rings. The number of para-hydroxylation sites is 1. The number of nitrogens with one attached hydrogen (secondary N) is 1. The number of rotatable bonds is 3. The van der Waals surface area contributed by atoms with Crippen LogP contribution in [-0.2, 0) is 0 Å². The van der Waals surface area contributed by atoms with Gasteiger partial charge in [-0.25, -0.2) is 0 Å². The second-order valence-electron chi connectivity index (χ2n) is 3.90. The SMILES string of the molecule is Cc1ccc(Sc2ccccc2NC(N)=S)cc1. The van der Waals surface area contributed by atoms with Crippen LogP contribution in [0.25, 0.3) is 0 Å². The zero-order chi connectivity index (χ0) is 13.0. The molecule has 0 aliphatic heterocycles. The number of thiocarbonyl (C=S) groups is 1. The summed E-state index contributed by atoms with van der Waals surface area (Å²) in [5.74, 6) is 0. The molecule has 0 saturated heterocycles. The molecule has 3 N–H and O–H groups in total. The van der Waals surface area contributed by atoms with Crippen LogP contribution in [0, 0.1) is 6.92 Å². The van der Waals surface area contributed by atoms with Crippen LogP contribution in [0.5, 0.6) is 0 Å². The molecular formula is C14H14N2S2. The Bertz CT molecular complexity index is 550. The van der Waals surface area contributed by atoms with Gasteiger partial charge in [0.1, 0.15) is 0 Å². The van der Waals surface area contributed by atoms with Gasteiger partial charge < -0.3 is 11.1 Å². The van der Waals surface area contributed by atoms with Gasteiger partial charge >= 0.3 is 0 Å². The lowest BCUT2D eigenvalue weighted by Crippen LogP contribution is -2.19. The van der Waals surface area contributed by atoms with Crippen molar-refractivity contribution in [2.75, 3.05) is 5.32 Å². The molecular weight excluding hydrogens is 260 g/mol. The van der Waals surface area contributed by atoms with Crippen LogP contribution in [-0.4, -0.2) is 5.11 Å². The molecule has 0 radical (unpaired) electrons. The molecule has 18 heavy (non-hydrogen) atoms. The van der Waals surface area contributed by atoms with Gasteiger partial charge in [0.05, 0.1) is 5.69 Å². The maximum Gasteiger partial charge on any atom is 0.168 e. The minimum atomic E-state index is 0.284. The van der Waals surface area contributed by atoms with Crippen molar-refractivity contribution in [2.45, 2.75) is 16.7 Å². The fourth-order valence-electron chi connectivity index (χ4n) is 1.52. The zero-order valence-electron chi connectivity index (χ0n) is 10.0. The van der Waals surface area contributed by atoms with Gasteiger partial charge in [-0.05, 0) is 43.4 Å². The highest BCUT2D eigenvalue weighted by molar-refractivity contribution is 7.99. The smallest absolute Gasteiger partial charge is 0.168 e. The summed E-state index contributed by atoms with van der Waals surface area (Å²) in [6, 6.07) is 16.4. The third-order valence-electron chi connectivity index (χ3n) is 2.39. The molecule has 0 fully saturated rings. The Morgan fingerprint density at radius 3 is 2.44 bits per heavy atom. The maximum atomic E-state index is 5.52. The van der Waals surface area contributed by atoms with E-state index in [1.165, 1.54) is 10.5 Å². The van der Waals surface area contributed by atoms with Crippen LogP contribution < -0.4 is 11.1 Å². The van der Waals surface area contributed by atoms with Gasteiger partial charge in [0.15, 0.2) is 5.11 Å². The second kappa shape index (κ2) is 5.89. The molecule has 92 valence electrons. The number of hydrogen-bond acceptors (Lipinski definition) is 2. The lowest BCUT2D eigenvalue weighted by Gasteiger charge is -2.10. The van der Waals surface area contributed by atoms with Crippen molar-refractivity contribution in [3.63, 3.8) is 0 Å². The number of anilines is 1. The summed E-state index contributed by atoms with van der Waals surface area (Å²) < 4.78 is 0. The Morgan fingerprint density at radius 1 is 1.11 bits per heavy atom. The van der Waals surface area contributed by atoms with Crippen LogP contribution >= 0.6 is 24.0 Å². The van der Waals surface area contributed by atoms with Crippen molar-refractivity contribution in [3.05, 3.63) is 54.1 Å². The molecule has 2 rings (SSSR count). The Hall–Kier alpha value is -1.52. The molecule has 0 unspecified atom stereocenters. The summed E-state index contributed by atoms with van der Waals surface area (Å²) in [7, 11) is 0. The highest BCUT2D eigenvalue weighted by atomic mass is 32.2. The fourth-order valence-corrected chi connectivity index (χ4v) is 2.54. The number of nitrogens with two attached hydrogens (primary N) is 1. The lowest BCUT2D eigenvalue weighted by molar-refractivity contribution is 1.36. The summed E-state index contributed by atoms with van der Waals surface area (Å²) in [6.45, 7) is 2.08. The van der Waals surface area contributed by atoms with E-state index in [1.807, 2.05) is 24.3 Å². The zero-order valence-corrected chi connectivity index (χ0v) is 11.6. The maximum absolute atomic E-state index is 5.52. The van der Waals surface area contributed by atoms with E-state index < -0.39 is 0 Å². The van der Waals surface area contributed by atoms with E-state index in [2.05, 4.69) is 36.5 Å². The highest BCUT2D eigenvalue weighted by Gasteiger charge is 2.04. The van der Waals surface area contributed by atoms with Crippen LogP contribution in [0.2, 0.25) is 0 Å². The van der Waals surface area contributed by atoms with E-state index in [0.29, 0.717) is 0 Å². The predicted octanol–water partition coefficient (Wildman–Crippen LogP) is 3.80. The van der Waals surface area contributed by atoms with Crippen molar-refractivity contribution in [1.29, 1.82) is 0 Å². The van der Waals surface area contributed by atoms with Crippen molar-refractivity contribution in [1.82, 2.24) is 0 Å². The van der Waals surface area contributed by atoms with Crippen molar-refractivity contribution in [3.8, 4) is 0 Å². The Morgan fingerprint density at radius 2 is 1.78 bits per heavy atom. The van der Waals surface area contributed by atoms with E-state index in [-0.39, 0.29) is 5.11 Å². The topological polar surface area (TPSA) is 38.0 Å².